The normalized spacial score (nSPS) is 16.6. The van der Waals surface area contributed by atoms with Crippen molar-refractivity contribution in [2.45, 2.75) is 31.8 Å². The molecule has 1 aliphatic rings. The summed E-state index contributed by atoms with van der Waals surface area (Å²) in [5.74, 6) is -0.217. The molecule has 10 heteroatoms. The van der Waals surface area contributed by atoms with Gasteiger partial charge in [-0.05, 0) is 54.4 Å². The molecule has 0 fully saturated rings. The molecule has 3 aromatic heterocycles. The number of hydrogen-bond acceptors (Lipinski definition) is 7. The minimum absolute atomic E-state index is 0.237. The number of halogens is 1. The van der Waals surface area contributed by atoms with Crippen molar-refractivity contribution >= 4 is 33.5 Å². The Labute approximate surface area is 211 Å². The SMILES string of the molecule is CNC(=O)[C@H]1Cc2c([nH]c3ccc(F)cc23)CN1C(O)c1occc1CNc1ccc2nccnc2c1. The Balaban J connectivity index is 1.27. The van der Waals surface area contributed by atoms with E-state index in [9.17, 15) is 14.3 Å². The number of benzene rings is 2. The molecule has 5 aromatic rings. The van der Waals surface area contributed by atoms with Gasteiger partial charge in [0.05, 0.1) is 23.3 Å². The number of aromatic amines is 1. The highest BCUT2D eigenvalue weighted by Crippen LogP contribution is 2.36. The number of likely N-dealkylation sites (N-methyl/N-ethyl adjacent to an activating group) is 1. The summed E-state index contributed by atoms with van der Waals surface area (Å²) in [6.07, 6.45) is 3.97. The van der Waals surface area contributed by atoms with Crippen molar-refractivity contribution in [2.24, 2.45) is 0 Å². The summed E-state index contributed by atoms with van der Waals surface area (Å²) < 4.78 is 19.7. The van der Waals surface area contributed by atoms with Crippen LogP contribution in [0.25, 0.3) is 21.9 Å². The van der Waals surface area contributed by atoms with Crippen LogP contribution < -0.4 is 10.6 Å². The number of aliphatic hydroxyl groups is 1. The first kappa shape index (κ1) is 23.1. The fourth-order valence-corrected chi connectivity index (χ4v) is 5.06. The third kappa shape index (κ3) is 4.20. The third-order valence-corrected chi connectivity index (χ3v) is 6.93. The van der Waals surface area contributed by atoms with E-state index >= 15 is 0 Å². The van der Waals surface area contributed by atoms with Crippen molar-refractivity contribution in [1.29, 1.82) is 0 Å². The van der Waals surface area contributed by atoms with E-state index in [4.69, 9.17) is 4.42 Å². The van der Waals surface area contributed by atoms with E-state index in [0.29, 0.717) is 18.7 Å². The molecule has 4 heterocycles. The second kappa shape index (κ2) is 9.30. The van der Waals surface area contributed by atoms with E-state index in [1.807, 2.05) is 18.2 Å². The molecule has 0 saturated heterocycles. The van der Waals surface area contributed by atoms with Gasteiger partial charge >= 0.3 is 0 Å². The predicted molar refractivity (Wildman–Crippen MR) is 136 cm³/mol. The molecule has 2 aromatic carbocycles. The van der Waals surface area contributed by atoms with Crippen molar-refractivity contribution in [1.82, 2.24) is 25.2 Å². The lowest BCUT2D eigenvalue weighted by molar-refractivity contribution is -0.134. The molecule has 0 spiro atoms. The Morgan fingerprint density at radius 1 is 1.22 bits per heavy atom. The van der Waals surface area contributed by atoms with Crippen LogP contribution >= 0.6 is 0 Å². The van der Waals surface area contributed by atoms with Crippen LogP contribution in [0.4, 0.5) is 10.1 Å². The van der Waals surface area contributed by atoms with Crippen LogP contribution in [0, 0.1) is 5.82 Å². The Kier molecular flexibility index (Phi) is 5.82. The third-order valence-electron chi connectivity index (χ3n) is 6.93. The highest BCUT2D eigenvalue weighted by molar-refractivity contribution is 5.88. The van der Waals surface area contributed by atoms with Crippen molar-refractivity contribution in [3.63, 3.8) is 0 Å². The Hall–Kier alpha value is -4.28. The van der Waals surface area contributed by atoms with E-state index in [0.717, 1.165) is 44.4 Å². The molecule has 1 amide bonds. The number of carbonyl (C=O) groups is 1. The summed E-state index contributed by atoms with van der Waals surface area (Å²) >= 11 is 0. The van der Waals surface area contributed by atoms with Crippen molar-refractivity contribution in [2.75, 3.05) is 12.4 Å². The maximum absolute atomic E-state index is 13.9. The van der Waals surface area contributed by atoms with Crippen LogP contribution in [0.5, 0.6) is 0 Å². The van der Waals surface area contributed by atoms with E-state index in [2.05, 4.69) is 25.6 Å². The minimum atomic E-state index is -1.17. The standard InChI is InChI=1S/C27H25FN6O3/c1-29-26(35)24-12-19-18-10-16(28)2-4-20(18)33-23(19)14-34(24)27(36)25-15(6-9-37-25)13-32-17-3-5-21-22(11-17)31-8-7-30-21/h2-11,24,27,32-33,36H,12-14H2,1H3,(H,29,35)/t24-,27?/m1/s1. The molecule has 1 unspecified atom stereocenters. The largest absolute Gasteiger partial charge is 0.465 e. The molecule has 188 valence electrons. The Bertz CT molecular complexity index is 1610. The van der Waals surface area contributed by atoms with Gasteiger partial charge in [0, 0.05) is 60.4 Å². The van der Waals surface area contributed by atoms with Gasteiger partial charge < -0.3 is 25.1 Å². The average molecular weight is 501 g/mol. The van der Waals surface area contributed by atoms with Crippen molar-refractivity contribution in [3.05, 3.63) is 89.5 Å². The van der Waals surface area contributed by atoms with Gasteiger partial charge in [-0.15, -0.1) is 0 Å². The summed E-state index contributed by atoms with van der Waals surface area (Å²) in [6.45, 7) is 0.659. The molecule has 0 bridgehead atoms. The monoisotopic (exact) mass is 500 g/mol. The van der Waals surface area contributed by atoms with Crippen LogP contribution in [-0.2, 0) is 24.3 Å². The Morgan fingerprint density at radius 2 is 2.05 bits per heavy atom. The molecule has 37 heavy (non-hydrogen) atoms. The van der Waals surface area contributed by atoms with Crippen LogP contribution in [0.2, 0.25) is 0 Å². The van der Waals surface area contributed by atoms with Crippen molar-refractivity contribution in [3.8, 4) is 0 Å². The van der Waals surface area contributed by atoms with Crippen LogP contribution in [0.15, 0.2) is 65.5 Å². The lowest BCUT2D eigenvalue weighted by Gasteiger charge is -2.37. The lowest BCUT2D eigenvalue weighted by Crippen LogP contribution is -2.50. The summed E-state index contributed by atoms with van der Waals surface area (Å²) in [7, 11) is 1.56. The van der Waals surface area contributed by atoms with Gasteiger partial charge in [0.1, 0.15) is 5.82 Å². The summed E-state index contributed by atoms with van der Waals surface area (Å²) in [4.78, 5) is 26.5. The van der Waals surface area contributed by atoms with Gasteiger partial charge in [-0.3, -0.25) is 19.7 Å². The number of hydrogen-bond donors (Lipinski definition) is 4. The summed E-state index contributed by atoms with van der Waals surface area (Å²) in [6, 6.07) is 11.4. The summed E-state index contributed by atoms with van der Waals surface area (Å²) in [5, 5.41) is 18.2. The van der Waals surface area contributed by atoms with Gasteiger partial charge in [-0.25, -0.2) is 4.39 Å². The van der Waals surface area contributed by atoms with Crippen molar-refractivity contribution < 1.29 is 18.7 Å². The molecule has 2 atom stereocenters. The fourth-order valence-electron chi connectivity index (χ4n) is 5.06. The average Bonchev–Trinajstić information content (AvgIpc) is 3.54. The smallest absolute Gasteiger partial charge is 0.237 e. The van der Waals surface area contributed by atoms with Gasteiger partial charge in [0.25, 0.3) is 0 Å². The second-order valence-corrected chi connectivity index (χ2v) is 9.08. The highest BCUT2D eigenvalue weighted by atomic mass is 19.1. The molecule has 0 aliphatic carbocycles. The predicted octanol–water partition coefficient (Wildman–Crippen LogP) is 3.62. The zero-order chi connectivity index (χ0) is 25.5. The number of nitrogens with zero attached hydrogens (tertiary/aromatic N) is 3. The number of aliphatic hydroxyl groups excluding tert-OH is 1. The van der Waals surface area contributed by atoms with E-state index in [1.54, 1.807) is 36.5 Å². The molecule has 4 N–H and O–H groups in total. The van der Waals surface area contributed by atoms with Crippen LogP contribution in [-0.4, -0.2) is 44.0 Å². The molecule has 6 rings (SSSR count). The number of nitrogens with one attached hydrogen (secondary N) is 3. The number of rotatable bonds is 6. The van der Waals surface area contributed by atoms with E-state index in [1.165, 1.54) is 18.4 Å². The van der Waals surface area contributed by atoms with Crippen LogP contribution in [0.3, 0.4) is 0 Å². The minimum Gasteiger partial charge on any atom is -0.465 e. The molecular formula is C27H25FN6O3. The first-order valence-electron chi connectivity index (χ1n) is 12.0. The van der Waals surface area contributed by atoms with Gasteiger partial charge in [-0.2, -0.15) is 0 Å². The number of amides is 1. The second-order valence-electron chi connectivity index (χ2n) is 9.08. The number of aromatic nitrogens is 3. The number of fused-ring (bicyclic) bond motifs is 4. The maximum atomic E-state index is 13.9. The van der Waals surface area contributed by atoms with E-state index < -0.39 is 12.3 Å². The zero-order valence-electron chi connectivity index (χ0n) is 20.0. The molecule has 9 nitrogen and oxygen atoms in total. The Morgan fingerprint density at radius 3 is 2.89 bits per heavy atom. The number of H-pyrrole nitrogens is 1. The fraction of sp³-hybridized carbons (Fsp3) is 0.222. The highest BCUT2D eigenvalue weighted by Gasteiger charge is 2.38. The summed E-state index contributed by atoms with van der Waals surface area (Å²) in [5.41, 5.74) is 5.70. The zero-order valence-corrected chi connectivity index (χ0v) is 20.0. The molecule has 0 radical (unpaired) electrons. The van der Waals surface area contributed by atoms with Gasteiger partial charge in [-0.1, -0.05) is 0 Å². The molecule has 1 aliphatic heterocycles. The lowest BCUT2D eigenvalue weighted by atomic mass is 9.95. The van der Waals surface area contributed by atoms with Gasteiger partial charge in [0.15, 0.2) is 12.0 Å². The first-order chi connectivity index (χ1) is 18.0. The first-order valence-corrected chi connectivity index (χ1v) is 12.0. The molecular weight excluding hydrogens is 475 g/mol. The number of furan rings is 1. The quantitative estimate of drug-likeness (QED) is 0.281. The van der Waals surface area contributed by atoms with Gasteiger partial charge in [0.2, 0.25) is 5.91 Å². The van der Waals surface area contributed by atoms with E-state index in [-0.39, 0.29) is 18.3 Å². The number of anilines is 1. The topological polar surface area (TPSA) is 119 Å². The number of carbonyl (C=O) groups excluding carboxylic acids is 1. The maximum Gasteiger partial charge on any atom is 0.237 e. The van der Waals surface area contributed by atoms with Crippen LogP contribution in [0.1, 0.15) is 28.8 Å². The molecule has 0 saturated carbocycles.